The number of nitrogens with zero attached hydrogens (tertiary/aromatic N) is 1. The quantitative estimate of drug-likeness (QED) is 0.568. The van der Waals surface area contributed by atoms with E-state index in [0.717, 1.165) is 5.92 Å². The maximum atomic E-state index is 5.12. The van der Waals surface area contributed by atoms with E-state index in [1.807, 2.05) is 0 Å². The van der Waals surface area contributed by atoms with E-state index in [1.165, 1.54) is 66.4 Å². The van der Waals surface area contributed by atoms with Gasteiger partial charge in [0, 0.05) is 15.6 Å². The molecule has 2 fully saturated rings. The van der Waals surface area contributed by atoms with Gasteiger partial charge in [-0.05, 0) is 77.1 Å². The largest absolute Gasteiger partial charge is 0.255 e. The number of halogens is 1. The summed E-state index contributed by atoms with van der Waals surface area (Å²) < 4.78 is 1.21. The second-order valence-corrected chi connectivity index (χ2v) is 8.27. The summed E-state index contributed by atoms with van der Waals surface area (Å²) in [4.78, 5) is 5.12. The van der Waals surface area contributed by atoms with Crippen molar-refractivity contribution in [2.24, 2.45) is 10.9 Å². The Morgan fingerprint density at radius 1 is 1.19 bits per heavy atom. The average Bonchev–Trinajstić information content (AvgIpc) is 2.80. The van der Waals surface area contributed by atoms with Gasteiger partial charge in [0.2, 0.25) is 0 Å². The molecule has 0 amide bonds. The van der Waals surface area contributed by atoms with Crippen molar-refractivity contribution in [2.45, 2.75) is 70.1 Å². The Morgan fingerprint density at radius 3 is 2.81 bits per heavy atom. The van der Waals surface area contributed by atoms with Gasteiger partial charge in [-0.15, -0.1) is 0 Å². The molecule has 2 atom stereocenters. The van der Waals surface area contributed by atoms with Crippen LogP contribution in [0.15, 0.2) is 21.6 Å². The molecular weight excluding hydrogens is 322 g/mol. The van der Waals surface area contributed by atoms with Gasteiger partial charge >= 0.3 is 0 Å². The van der Waals surface area contributed by atoms with Crippen molar-refractivity contribution < 1.29 is 0 Å². The molecule has 2 saturated carbocycles. The third kappa shape index (κ3) is 1.91. The summed E-state index contributed by atoms with van der Waals surface area (Å²) in [7, 11) is 0. The summed E-state index contributed by atoms with van der Waals surface area (Å²) >= 11 is 3.81. The van der Waals surface area contributed by atoms with Crippen LogP contribution in [0.5, 0.6) is 0 Å². The van der Waals surface area contributed by atoms with E-state index < -0.39 is 0 Å². The van der Waals surface area contributed by atoms with E-state index in [4.69, 9.17) is 4.99 Å². The van der Waals surface area contributed by atoms with Gasteiger partial charge in [0.1, 0.15) is 0 Å². The van der Waals surface area contributed by atoms with E-state index in [2.05, 4.69) is 41.9 Å². The predicted molar refractivity (Wildman–Crippen MR) is 92.8 cm³/mol. The number of rotatable bonds is 1. The first-order valence-electron chi connectivity index (χ1n) is 8.55. The van der Waals surface area contributed by atoms with Gasteiger partial charge in [0.15, 0.2) is 0 Å². The minimum absolute atomic E-state index is 0.305. The van der Waals surface area contributed by atoms with Gasteiger partial charge in [-0.1, -0.05) is 32.8 Å². The third-order valence-corrected chi connectivity index (χ3v) is 6.64. The Morgan fingerprint density at radius 2 is 2.00 bits per heavy atom. The van der Waals surface area contributed by atoms with E-state index in [0.29, 0.717) is 11.3 Å². The number of hydrogen-bond acceptors (Lipinski definition) is 1. The lowest BCUT2D eigenvalue weighted by Gasteiger charge is -2.46. The third-order valence-electron chi connectivity index (χ3n) is 6.03. The highest BCUT2D eigenvalue weighted by Gasteiger charge is 2.51. The molecule has 0 aromatic heterocycles. The maximum Gasteiger partial charge on any atom is 0.0813 e. The molecule has 2 aliphatic carbocycles. The van der Waals surface area contributed by atoms with Gasteiger partial charge in [-0.25, -0.2) is 0 Å². The minimum atomic E-state index is 0.305. The first-order chi connectivity index (χ1) is 10.1. The minimum Gasteiger partial charge on any atom is -0.255 e. The van der Waals surface area contributed by atoms with Crippen molar-refractivity contribution in [2.75, 3.05) is 0 Å². The van der Waals surface area contributed by atoms with Crippen molar-refractivity contribution >= 4 is 27.3 Å². The van der Waals surface area contributed by atoms with Gasteiger partial charge in [0.05, 0.1) is 5.69 Å². The molecule has 0 N–H and O–H groups in total. The van der Waals surface area contributed by atoms with Crippen LogP contribution < -0.4 is 0 Å². The van der Waals surface area contributed by atoms with Crippen LogP contribution in [-0.2, 0) is 5.41 Å². The highest BCUT2D eigenvalue weighted by molar-refractivity contribution is 9.10. The monoisotopic (exact) mass is 345 g/mol. The van der Waals surface area contributed by atoms with Crippen molar-refractivity contribution in [1.82, 2.24) is 0 Å². The van der Waals surface area contributed by atoms with Crippen molar-refractivity contribution in [3.8, 4) is 0 Å². The van der Waals surface area contributed by atoms with Crippen molar-refractivity contribution in [3.63, 3.8) is 0 Å². The lowest BCUT2D eigenvalue weighted by atomic mass is 9.56. The Balaban J connectivity index is 1.93. The molecular formula is C19H24BrN. The number of hydrogen-bond donors (Lipinski definition) is 0. The molecule has 0 unspecified atom stereocenters. The van der Waals surface area contributed by atoms with Crippen LogP contribution in [0.2, 0.25) is 0 Å². The van der Waals surface area contributed by atoms with Crippen LogP contribution in [-0.4, -0.2) is 5.71 Å². The molecule has 1 aromatic rings. The summed E-state index contributed by atoms with van der Waals surface area (Å²) in [6.07, 6.45) is 9.49. The molecule has 1 aromatic carbocycles. The molecule has 4 rings (SSSR count). The van der Waals surface area contributed by atoms with Crippen LogP contribution in [0.1, 0.15) is 75.8 Å². The van der Waals surface area contributed by atoms with E-state index in [9.17, 15) is 0 Å². The Labute approximate surface area is 136 Å². The Hall–Kier alpha value is -0.630. The zero-order valence-electron chi connectivity index (χ0n) is 13.1. The van der Waals surface area contributed by atoms with Crippen LogP contribution in [0.4, 0.5) is 5.69 Å². The highest BCUT2D eigenvalue weighted by atomic mass is 79.9. The fourth-order valence-electron chi connectivity index (χ4n) is 4.96. The SMILES string of the molecule is CC(C)c1cc(Br)c2c(c1)[C@]13CCCC[C@@H]1CCCC3=N2. The number of benzene rings is 1. The molecule has 1 aliphatic heterocycles. The predicted octanol–water partition coefficient (Wildman–Crippen LogP) is 6.27. The Kier molecular flexibility index (Phi) is 3.29. The topological polar surface area (TPSA) is 12.4 Å². The molecule has 1 spiro atoms. The summed E-state index contributed by atoms with van der Waals surface area (Å²) in [6, 6.07) is 4.78. The normalized spacial score (nSPS) is 30.7. The maximum absolute atomic E-state index is 5.12. The second-order valence-electron chi connectivity index (χ2n) is 7.42. The molecule has 1 heterocycles. The van der Waals surface area contributed by atoms with Gasteiger partial charge in [0.25, 0.3) is 0 Å². The zero-order chi connectivity index (χ0) is 14.6. The standard InChI is InChI=1S/C19H24BrN/c1-12(2)13-10-15-18(16(20)11-13)21-17-8-5-7-14-6-3-4-9-19(14,15)17/h10-12,14H,3-9H2,1-2H3/t14-,19+/m1/s1. The van der Waals surface area contributed by atoms with Crippen molar-refractivity contribution in [3.05, 3.63) is 27.7 Å². The first-order valence-corrected chi connectivity index (χ1v) is 9.34. The van der Waals surface area contributed by atoms with E-state index in [1.54, 1.807) is 5.56 Å². The van der Waals surface area contributed by atoms with Crippen molar-refractivity contribution in [1.29, 1.82) is 0 Å². The van der Waals surface area contributed by atoms with Crippen LogP contribution >= 0.6 is 15.9 Å². The summed E-state index contributed by atoms with van der Waals surface area (Å²) in [5.74, 6) is 1.42. The molecule has 2 heteroatoms. The molecule has 1 nitrogen and oxygen atoms in total. The fourth-order valence-corrected chi connectivity index (χ4v) is 5.53. The first kappa shape index (κ1) is 14.0. The van der Waals surface area contributed by atoms with Gasteiger partial charge in [-0.2, -0.15) is 0 Å². The molecule has 112 valence electrons. The van der Waals surface area contributed by atoms with Gasteiger partial charge in [-0.3, -0.25) is 4.99 Å². The summed E-state index contributed by atoms with van der Waals surface area (Å²) in [5, 5.41) is 0. The van der Waals surface area contributed by atoms with Crippen LogP contribution in [0, 0.1) is 5.92 Å². The zero-order valence-corrected chi connectivity index (χ0v) is 14.7. The second kappa shape index (κ2) is 4.94. The van der Waals surface area contributed by atoms with Crippen LogP contribution in [0.25, 0.3) is 0 Å². The molecule has 3 aliphatic rings. The average molecular weight is 346 g/mol. The molecule has 21 heavy (non-hydrogen) atoms. The van der Waals surface area contributed by atoms with E-state index in [-0.39, 0.29) is 0 Å². The lowest BCUT2D eigenvalue weighted by molar-refractivity contribution is 0.221. The van der Waals surface area contributed by atoms with E-state index >= 15 is 0 Å². The number of fused-ring (bicyclic) bond motifs is 1. The molecule has 0 bridgehead atoms. The number of aliphatic imine (C=N–C) groups is 1. The molecule has 0 radical (unpaired) electrons. The Bertz CT molecular complexity index is 614. The molecule has 0 saturated heterocycles. The summed E-state index contributed by atoms with van der Waals surface area (Å²) in [5.41, 5.74) is 6.08. The van der Waals surface area contributed by atoms with Gasteiger partial charge < -0.3 is 0 Å². The lowest BCUT2D eigenvalue weighted by Crippen LogP contribution is -2.46. The van der Waals surface area contributed by atoms with Crippen LogP contribution in [0.3, 0.4) is 0 Å². The fraction of sp³-hybridized carbons (Fsp3) is 0.632. The summed E-state index contributed by atoms with van der Waals surface area (Å²) in [6.45, 7) is 4.59. The highest BCUT2D eigenvalue weighted by Crippen LogP contribution is 2.58. The smallest absolute Gasteiger partial charge is 0.0813 e.